The van der Waals surface area contributed by atoms with E-state index < -0.39 is 0 Å². The van der Waals surface area contributed by atoms with Crippen molar-refractivity contribution in [3.8, 4) is 0 Å². The minimum atomic E-state index is 0.401. The molecule has 3 saturated carbocycles. The zero-order valence-corrected chi connectivity index (χ0v) is 12.9. The molecular formula is C18H29NO. The van der Waals surface area contributed by atoms with Gasteiger partial charge in [0.25, 0.3) is 0 Å². The second kappa shape index (κ2) is 6.32. The van der Waals surface area contributed by atoms with Crippen LogP contribution >= 0.6 is 0 Å². The summed E-state index contributed by atoms with van der Waals surface area (Å²) in [6.07, 6.45) is 14.7. The highest BCUT2D eigenvalue weighted by atomic mass is 16.2. The Hall–Kier alpha value is -0.790. The molecule has 0 radical (unpaired) electrons. The summed E-state index contributed by atoms with van der Waals surface area (Å²) in [7, 11) is 0. The molecule has 20 heavy (non-hydrogen) atoms. The highest BCUT2D eigenvalue weighted by Gasteiger charge is 2.42. The Kier molecular flexibility index (Phi) is 4.48. The Balaban J connectivity index is 1.40. The molecule has 0 aromatic heterocycles. The van der Waals surface area contributed by atoms with Gasteiger partial charge in [0.05, 0.1) is 0 Å². The molecule has 2 atom stereocenters. The van der Waals surface area contributed by atoms with Crippen molar-refractivity contribution in [1.29, 1.82) is 0 Å². The van der Waals surface area contributed by atoms with Gasteiger partial charge in [-0.3, -0.25) is 4.79 Å². The molecule has 0 heterocycles. The summed E-state index contributed by atoms with van der Waals surface area (Å²) in [6.45, 7) is 4.32. The minimum Gasteiger partial charge on any atom is -0.342 e. The first-order chi connectivity index (χ1) is 9.78. The fraction of sp³-hybridized carbons (Fsp3) is 0.833. The van der Waals surface area contributed by atoms with E-state index in [9.17, 15) is 4.79 Å². The fourth-order valence-electron chi connectivity index (χ4n) is 3.22. The number of rotatable bonds is 9. The molecule has 3 rings (SSSR count). The molecule has 0 N–H and O–H groups in total. The third kappa shape index (κ3) is 4.10. The Labute approximate surface area is 123 Å². The molecule has 0 aromatic rings. The Morgan fingerprint density at radius 3 is 2.55 bits per heavy atom. The van der Waals surface area contributed by atoms with Gasteiger partial charge in [-0.05, 0) is 69.1 Å². The predicted octanol–water partition coefficient (Wildman–Crippen LogP) is 4.02. The molecule has 3 aliphatic carbocycles. The van der Waals surface area contributed by atoms with Crippen LogP contribution in [0.1, 0.15) is 58.3 Å². The third-order valence-electron chi connectivity index (χ3n) is 5.04. The number of amides is 1. The molecule has 2 nitrogen and oxygen atoms in total. The van der Waals surface area contributed by atoms with Crippen LogP contribution < -0.4 is 0 Å². The maximum Gasteiger partial charge on any atom is 0.225 e. The fourth-order valence-corrected chi connectivity index (χ4v) is 3.22. The average molecular weight is 275 g/mol. The van der Waals surface area contributed by atoms with Crippen molar-refractivity contribution in [2.24, 2.45) is 23.7 Å². The van der Waals surface area contributed by atoms with Crippen LogP contribution in [0.4, 0.5) is 0 Å². The number of hydrogen-bond acceptors (Lipinski definition) is 1. The smallest absolute Gasteiger partial charge is 0.225 e. The Morgan fingerprint density at radius 2 is 1.90 bits per heavy atom. The van der Waals surface area contributed by atoms with Crippen LogP contribution in [0.3, 0.4) is 0 Å². The Morgan fingerprint density at radius 1 is 1.10 bits per heavy atom. The number of nitrogens with zero attached hydrogens (tertiary/aromatic N) is 1. The lowest BCUT2D eigenvalue weighted by Crippen LogP contribution is -2.36. The largest absolute Gasteiger partial charge is 0.342 e. The molecule has 112 valence electrons. The summed E-state index contributed by atoms with van der Waals surface area (Å²) < 4.78 is 0. The van der Waals surface area contributed by atoms with E-state index in [-0.39, 0.29) is 0 Å². The first kappa shape index (κ1) is 14.2. The molecule has 0 spiro atoms. The molecule has 3 fully saturated rings. The highest BCUT2D eigenvalue weighted by Crippen LogP contribution is 2.44. The maximum atomic E-state index is 12.4. The van der Waals surface area contributed by atoms with Crippen LogP contribution in [0.15, 0.2) is 12.2 Å². The van der Waals surface area contributed by atoms with Gasteiger partial charge in [0, 0.05) is 19.0 Å². The van der Waals surface area contributed by atoms with E-state index >= 15 is 0 Å². The lowest BCUT2D eigenvalue weighted by Gasteiger charge is -2.23. The number of carbonyl (C=O) groups excluding carboxylic acids is 1. The number of allylic oxidation sites excluding steroid dienone is 2. The topological polar surface area (TPSA) is 20.3 Å². The molecule has 2 unspecified atom stereocenters. The normalized spacial score (nSPS) is 28.9. The standard InChI is InChI=1S/C18H29NO/c1-2-3-4-5-6-16-11-17(16)13-19(12-14-7-8-14)18(20)15-9-10-15/h3-4,14-17H,2,5-13H2,1H3. The van der Waals surface area contributed by atoms with E-state index in [0.29, 0.717) is 11.8 Å². The van der Waals surface area contributed by atoms with E-state index in [1.165, 1.54) is 32.1 Å². The van der Waals surface area contributed by atoms with Crippen molar-refractivity contribution < 1.29 is 4.79 Å². The molecule has 3 aliphatic rings. The summed E-state index contributed by atoms with van der Waals surface area (Å²) in [4.78, 5) is 14.6. The summed E-state index contributed by atoms with van der Waals surface area (Å²) in [5.74, 6) is 3.42. The van der Waals surface area contributed by atoms with Crippen LogP contribution in [0, 0.1) is 23.7 Å². The summed E-state index contributed by atoms with van der Waals surface area (Å²) in [5, 5.41) is 0. The molecule has 0 bridgehead atoms. The molecule has 0 saturated heterocycles. The van der Waals surface area contributed by atoms with Crippen LogP contribution in [0.2, 0.25) is 0 Å². The monoisotopic (exact) mass is 275 g/mol. The molecule has 0 aliphatic heterocycles. The van der Waals surface area contributed by atoms with E-state index in [0.717, 1.165) is 50.1 Å². The molecule has 0 aromatic carbocycles. The van der Waals surface area contributed by atoms with Crippen LogP contribution in [0.25, 0.3) is 0 Å². The van der Waals surface area contributed by atoms with Gasteiger partial charge in [0.1, 0.15) is 0 Å². The quantitative estimate of drug-likeness (QED) is 0.582. The van der Waals surface area contributed by atoms with Gasteiger partial charge in [0.2, 0.25) is 5.91 Å². The van der Waals surface area contributed by atoms with Gasteiger partial charge in [0.15, 0.2) is 0 Å². The second-order valence-electron chi connectivity index (χ2n) is 7.17. The van der Waals surface area contributed by atoms with Gasteiger partial charge >= 0.3 is 0 Å². The van der Waals surface area contributed by atoms with Crippen LogP contribution in [-0.4, -0.2) is 23.9 Å². The summed E-state index contributed by atoms with van der Waals surface area (Å²) >= 11 is 0. The van der Waals surface area contributed by atoms with Crippen LogP contribution in [0.5, 0.6) is 0 Å². The summed E-state index contributed by atoms with van der Waals surface area (Å²) in [6, 6.07) is 0. The van der Waals surface area contributed by atoms with Crippen molar-refractivity contribution in [2.45, 2.75) is 58.3 Å². The maximum absolute atomic E-state index is 12.4. The molecular weight excluding hydrogens is 246 g/mol. The van der Waals surface area contributed by atoms with Crippen molar-refractivity contribution in [2.75, 3.05) is 13.1 Å². The van der Waals surface area contributed by atoms with E-state index in [1.54, 1.807) is 0 Å². The van der Waals surface area contributed by atoms with E-state index in [1.807, 2.05) is 0 Å². The minimum absolute atomic E-state index is 0.401. The molecule has 2 heteroatoms. The zero-order valence-electron chi connectivity index (χ0n) is 12.9. The Bertz CT molecular complexity index is 368. The molecule has 1 amide bonds. The van der Waals surface area contributed by atoms with Crippen molar-refractivity contribution in [1.82, 2.24) is 4.90 Å². The zero-order chi connectivity index (χ0) is 13.9. The van der Waals surface area contributed by atoms with Gasteiger partial charge in [-0.15, -0.1) is 0 Å². The number of carbonyl (C=O) groups is 1. The first-order valence-corrected chi connectivity index (χ1v) is 8.71. The first-order valence-electron chi connectivity index (χ1n) is 8.71. The van der Waals surface area contributed by atoms with Crippen molar-refractivity contribution >= 4 is 5.91 Å². The van der Waals surface area contributed by atoms with Gasteiger partial charge < -0.3 is 4.90 Å². The summed E-state index contributed by atoms with van der Waals surface area (Å²) in [5.41, 5.74) is 0. The predicted molar refractivity (Wildman–Crippen MR) is 82.3 cm³/mol. The highest BCUT2D eigenvalue weighted by molar-refractivity contribution is 5.81. The van der Waals surface area contributed by atoms with Crippen molar-refractivity contribution in [3.63, 3.8) is 0 Å². The lowest BCUT2D eigenvalue weighted by molar-refractivity contribution is -0.133. The SMILES string of the molecule is CCC=CCCC1CC1CN(CC1CC1)C(=O)C1CC1. The van der Waals surface area contributed by atoms with E-state index in [2.05, 4.69) is 24.0 Å². The van der Waals surface area contributed by atoms with Gasteiger partial charge in [-0.2, -0.15) is 0 Å². The van der Waals surface area contributed by atoms with Crippen LogP contribution in [-0.2, 0) is 4.79 Å². The van der Waals surface area contributed by atoms with Gasteiger partial charge in [-0.25, -0.2) is 0 Å². The average Bonchev–Trinajstić information content (AvgIpc) is 3.28. The number of hydrogen-bond donors (Lipinski definition) is 0. The third-order valence-corrected chi connectivity index (χ3v) is 5.04. The lowest BCUT2D eigenvalue weighted by atomic mass is 10.1. The van der Waals surface area contributed by atoms with Gasteiger partial charge in [-0.1, -0.05) is 19.1 Å². The van der Waals surface area contributed by atoms with E-state index in [4.69, 9.17) is 0 Å². The second-order valence-corrected chi connectivity index (χ2v) is 7.17. The van der Waals surface area contributed by atoms with Crippen molar-refractivity contribution in [3.05, 3.63) is 12.2 Å².